The maximum atomic E-state index is 8.92. The van der Waals surface area contributed by atoms with Gasteiger partial charge >= 0.3 is 0 Å². The number of nitrogens with zero attached hydrogens (tertiary/aromatic N) is 2. The summed E-state index contributed by atoms with van der Waals surface area (Å²) in [5, 5.41) is 2.66. The third kappa shape index (κ3) is 7.40. The van der Waals surface area contributed by atoms with E-state index in [1.165, 1.54) is 23.6 Å². The monoisotopic (exact) mass is 915 g/mol. The van der Waals surface area contributed by atoms with Gasteiger partial charge in [-0.3, -0.25) is 0 Å². The van der Waals surface area contributed by atoms with Crippen molar-refractivity contribution in [3.05, 3.63) is 132 Å². The summed E-state index contributed by atoms with van der Waals surface area (Å²) in [4.78, 5) is 8.81. The van der Waals surface area contributed by atoms with Gasteiger partial charge in [0, 0.05) is 61.7 Å². The molecule has 0 bridgehead atoms. The molecule has 6 heteroatoms. The second-order valence-electron chi connectivity index (χ2n) is 15.1. The summed E-state index contributed by atoms with van der Waals surface area (Å²) in [5.41, 5.74) is 3.26. The van der Waals surface area contributed by atoms with Crippen LogP contribution in [-0.2, 0) is 32.9 Å². The first-order chi connectivity index (χ1) is 29.3. The standard InChI is InChI=1S/C32H26NO2S.C16H18N.Ir/c1-17-13-23-20-10-8-11-21(24-14-19(15-32(3,4)5)18(2)16-33-24)28(20)35-29(23)26-27(17)34-30-22-9-6-7-12-25(22)36-31(26)30;1-16(2,3)11-13-9-10-15(17-12-13)14-7-5-4-6-8-14;/h6-10,12-14,16H,15H2,1-5H3;4-7,9-10,12H,11H2,1-3H3;/q2*-1;/i1D3,2D3,15D2;11D2;. The van der Waals surface area contributed by atoms with Crippen LogP contribution in [0.2, 0.25) is 0 Å². The largest absolute Gasteiger partial charge is 0.500 e. The molecule has 0 amide bonds. The van der Waals surface area contributed by atoms with Crippen LogP contribution in [0.3, 0.4) is 0 Å². The summed E-state index contributed by atoms with van der Waals surface area (Å²) in [7, 11) is 0. The Morgan fingerprint density at radius 3 is 2.17 bits per heavy atom. The summed E-state index contributed by atoms with van der Waals surface area (Å²) in [6.45, 7) is 5.80. The van der Waals surface area contributed by atoms with Gasteiger partial charge in [0.25, 0.3) is 0 Å². The van der Waals surface area contributed by atoms with Crippen LogP contribution in [0.1, 0.15) is 77.5 Å². The van der Waals surface area contributed by atoms with Crippen LogP contribution in [0.25, 0.3) is 75.8 Å². The van der Waals surface area contributed by atoms with Gasteiger partial charge in [0.1, 0.15) is 11.2 Å². The molecule has 4 nitrogen and oxygen atoms in total. The van der Waals surface area contributed by atoms with E-state index in [-0.39, 0.29) is 48.1 Å². The average molecular weight is 915 g/mol. The van der Waals surface area contributed by atoms with E-state index in [1.807, 2.05) is 81.4 Å². The maximum absolute atomic E-state index is 8.92. The molecule has 0 aliphatic heterocycles. The minimum atomic E-state index is -2.58. The van der Waals surface area contributed by atoms with Crippen LogP contribution >= 0.6 is 11.3 Å². The number of hydrogen-bond acceptors (Lipinski definition) is 5. The van der Waals surface area contributed by atoms with Gasteiger partial charge in [-0.2, -0.15) is 0 Å². The first-order valence-electron chi connectivity index (χ1n) is 22.4. The number of rotatable bonds is 4. The maximum Gasteiger partial charge on any atom is 0.154 e. The SMILES string of the molecule is [2H]C([2H])([2H])c1cnc(-c2[c-]ccc3c2oc2c3cc(C([2H])([2H])[2H])c3oc4c5ccccc5sc4c32)cc1C([2H])([2H])C(C)(C)C.[2H]C([2H])(c1ccc(-c2[c-]cccc2)nc1)C(C)(C)C.[Ir]. The Balaban J connectivity index is 0.000000258. The number of benzene rings is 4. The number of pyridine rings is 2. The molecule has 0 aliphatic carbocycles. The van der Waals surface area contributed by atoms with Crippen molar-refractivity contribution in [2.45, 2.75) is 68.0 Å². The van der Waals surface area contributed by atoms with Gasteiger partial charge in [0.15, 0.2) is 5.58 Å². The summed E-state index contributed by atoms with van der Waals surface area (Å²) in [6.07, 6.45) is -0.584. The molecule has 54 heavy (non-hydrogen) atoms. The molecule has 5 heterocycles. The van der Waals surface area contributed by atoms with Crippen LogP contribution in [0.4, 0.5) is 0 Å². The van der Waals surface area contributed by atoms with Crippen LogP contribution in [-0.4, -0.2) is 9.97 Å². The quantitative estimate of drug-likeness (QED) is 0.165. The third-order valence-electron chi connectivity index (χ3n) is 8.59. The van der Waals surface area contributed by atoms with Crippen molar-refractivity contribution < 1.29 is 42.6 Å². The molecule has 1 radical (unpaired) electrons. The fraction of sp³-hybridized carbons (Fsp3) is 0.250. The van der Waals surface area contributed by atoms with E-state index in [2.05, 4.69) is 22.1 Å². The Bertz CT molecular complexity index is 3170. The molecule has 0 saturated carbocycles. The van der Waals surface area contributed by atoms with Gasteiger partial charge in [-0.15, -0.1) is 65.4 Å². The van der Waals surface area contributed by atoms with Crippen LogP contribution in [0, 0.1) is 36.7 Å². The summed E-state index contributed by atoms with van der Waals surface area (Å²) >= 11 is 1.50. The summed E-state index contributed by atoms with van der Waals surface area (Å²) in [6, 6.07) is 31.9. The molecule has 4 aromatic carbocycles. The van der Waals surface area contributed by atoms with Crippen molar-refractivity contribution in [3.8, 4) is 22.5 Å². The number of fused-ring (bicyclic) bond motifs is 9. The third-order valence-corrected chi connectivity index (χ3v) is 9.76. The molecule has 0 N–H and O–H groups in total. The van der Waals surface area contributed by atoms with Gasteiger partial charge in [-0.05, 0) is 83.6 Å². The van der Waals surface area contributed by atoms with Gasteiger partial charge in [-0.25, -0.2) is 0 Å². The van der Waals surface area contributed by atoms with Crippen LogP contribution < -0.4 is 0 Å². The summed E-state index contributed by atoms with van der Waals surface area (Å²) in [5.74, 6) is 0. The normalized spacial score (nSPS) is 15.8. The second kappa shape index (κ2) is 14.6. The number of furan rings is 2. The Morgan fingerprint density at radius 2 is 1.44 bits per heavy atom. The average Bonchev–Trinajstić information content (AvgIpc) is 3.89. The first-order valence-corrected chi connectivity index (χ1v) is 18.2. The zero-order valence-electron chi connectivity index (χ0n) is 40.7. The van der Waals surface area contributed by atoms with E-state index in [0.29, 0.717) is 44.0 Å². The molecule has 5 aromatic heterocycles. The van der Waals surface area contributed by atoms with E-state index in [9.17, 15) is 0 Å². The van der Waals surface area contributed by atoms with Crippen molar-refractivity contribution in [1.29, 1.82) is 0 Å². The molecule has 0 saturated heterocycles. The molecule has 0 fully saturated rings. The molecule has 9 rings (SSSR count). The minimum absolute atomic E-state index is 0. The predicted molar refractivity (Wildman–Crippen MR) is 223 cm³/mol. The molecule has 9 aromatic rings. The topological polar surface area (TPSA) is 52.1 Å². The van der Waals surface area contributed by atoms with Gasteiger partial charge in [0.2, 0.25) is 0 Å². The van der Waals surface area contributed by atoms with Gasteiger partial charge < -0.3 is 18.8 Å². The van der Waals surface area contributed by atoms with Crippen molar-refractivity contribution in [2.24, 2.45) is 10.8 Å². The van der Waals surface area contributed by atoms with Crippen LogP contribution in [0.5, 0.6) is 0 Å². The molecule has 275 valence electrons. The second-order valence-corrected chi connectivity index (χ2v) is 16.2. The Morgan fingerprint density at radius 1 is 0.685 bits per heavy atom. The summed E-state index contributed by atoms with van der Waals surface area (Å²) < 4.78 is 98.0. The minimum Gasteiger partial charge on any atom is -0.500 e. The molecule has 0 unspecified atom stereocenters. The number of hydrogen-bond donors (Lipinski definition) is 0. The zero-order valence-corrected chi connectivity index (χ0v) is 33.9. The molecular formula is C48H44IrN2O2S-2. The molecule has 0 atom stereocenters. The Labute approximate surface area is 349 Å². The van der Waals surface area contributed by atoms with Crippen LogP contribution in [0.15, 0.2) is 106 Å². The van der Waals surface area contributed by atoms with Crippen molar-refractivity contribution in [1.82, 2.24) is 9.97 Å². The van der Waals surface area contributed by atoms with E-state index in [0.717, 1.165) is 26.0 Å². The predicted octanol–water partition coefficient (Wildman–Crippen LogP) is 13.9. The van der Waals surface area contributed by atoms with Gasteiger partial charge in [0.05, 0.1) is 15.7 Å². The van der Waals surface area contributed by atoms with E-state index in [4.69, 9.17) is 22.5 Å². The van der Waals surface area contributed by atoms with Crippen molar-refractivity contribution >= 4 is 64.6 Å². The zero-order chi connectivity index (χ0) is 45.7. The fourth-order valence-electron chi connectivity index (χ4n) is 6.46. The Kier molecular flexibility index (Phi) is 7.29. The number of thiophene rings is 1. The van der Waals surface area contributed by atoms with E-state index < -0.39 is 37.3 Å². The van der Waals surface area contributed by atoms with E-state index >= 15 is 0 Å². The number of aryl methyl sites for hydroxylation is 2. The molecule has 0 aliphatic rings. The van der Waals surface area contributed by atoms with Gasteiger partial charge in [-0.1, -0.05) is 88.4 Å². The number of aromatic nitrogens is 2. The molecule has 0 spiro atoms. The van der Waals surface area contributed by atoms with Crippen molar-refractivity contribution in [3.63, 3.8) is 0 Å². The molecular weight excluding hydrogens is 861 g/mol. The smallest absolute Gasteiger partial charge is 0.154 e. The Hall–Kier alpha value is -4.61. The van der Waals surface area contributed by atoms with Crippen molar-refractivity contribution in [2.75, 3.05) is 0 Å². The fourth-order valence-corrected chi connectivity index (χ4v) is 7.63. The van der Waals surface area contributed by atoms with E-state index in [1.54, 1.807) is 45.2 Å². The first kappa shape index (κ1) is 27.0.